The maximum absolute atomic E-state index is 13.4. The molecule has 0 aromatic heterocycles. The molecule has 6 nitrogen and oxygen atoms in total. The van der Waals surface area contributed by atoms with Crippen LogP contribution in [0.15, 0.2) is 72.8 Å². The molecule has 0 saturated carbocycles. The monoisotopic (exact) mass is 562 g/mol. The first kappa shape index (κ1) is 31.4. The number of carbonyl (C=O) groups is 2. The number of amides is 1. The van der Waals surface area contributed by atoms with Gasteiger partial charge in [-0.2, -0.15) is 11.8 Å². The van der Waals surface area contributed by atoms with Crippen LogP contribution < -0.4 is 10.6 Å². The SMILES string of the molecule is CCC(COC)C(CNCc1ccc(C(=O)N[C@@H](CCSC)C(=O)O)c(-c2ccccc2C)c1)c1ccccc1. The van der Waals surface area contributed by atoms with Gasteiger partial charge in [0.2, 0.25) is 0 Å². The van der Waals surface area contributed by atoms with Crippen molar-refractivity contribution < 1.29 is 19.4 Å². The van der Waals surface area contributed by atoms with Gasteiger partial charge in [0, 0.05) is 38.3 Å². The van der Waals surface area contributed by atoms with E-state index in [9.17, 15) is 14.7 Å². The van der Waals surface area contributed by atoms with E-state index >= 15 is 0 Å². The van der Waals surface area contributed by atoms with Crippen LogP contribution in [-0.4, -0.2) is 55.3 Å². The molecule has 0 saturated heterocycles. The summed E-state index contributed by atoms with van der Waals surface area (Å²) in [7, 11) is 1.75. The van der Waals surface area contributed by atoms with Crippen molar-refractivity contribution in [1.29, 1.82) is 0 Å². The quantitative estimate of drug-likeness (QED) is 0.194. The Hall–Kier alpha value is -3.13. The molecule has 0 bridgehead atoms. The number of rotatable bonds is 16. The van der Waals surface area contributed by atoms with E-state index in [1.165, 1.54) is 5.56 Å². The Kier molecular flexibility index (Phi) is 12.7. The van der Waals surface area contributed by atoms with Gasteiger partial charge >= 0.3 is 5.97 Å². The number of aryl methyl sites for hydroxylation is 1. The van der Waals surface area contributed by atoms with Crippen molar-refractivity contribution in [2.75, 3.05) is 32.3 Å². The number of hydrogen-bond acceptors (Lipinski definition) is 5. The number of ether oxygens (including phenoxy) is 1. The molecule has 0 heterocycles. The molecule has 0 aliphatic heterocycles. The summed E-state index contributed by atoms with van der Waals surface area (Å²) in [5.41, 5.74) is 5.63. The second-order valence-electron chi connectivity index (χ2n) is 10.1. The Morgan fingerprint density at radius 3 is 2.38 bits per heavy atom. The van der Waals surface area contributed by atoms with Gasteiger partial charge in [0.15, 0.2) is 0 Å². The van der Waals surface area contributed by atoms with Gasteiger partial charge in [-0.15, -0.1) is 0 Å². The van der Waals surface area contributed by atoms with Gasteiger partial charge in [0.1, 0.15) is 6.04 Å². The topological polar surface area (TPSA) is 87.7 Å². The molecule has 3 rings (SSSR count). The number of benzene rings is 3. The minimum atomic E-state index is -1.02. The molecular formula is C33H42N2O4S. The van der Waals surface area contributed by atoms with Crippen molar-refractivity contribution in [3.05, 3.63) is 95.1 Å². The lowest BCUT2D eigenvalue weighted by atomic mass is 9.84. The number of hydrogen-bond donors (Lipinski definition) is 3. The first-order chi connectivity index (χ1) is 19.4. The van der Waals surface area contributed by atoms with E-state index in [0.29, 0.717) is 42.7 Å². The summed E-state index contributed by atoms with van der Waals surface area (Å²) in [6, 6.07) is 23.4. The first-order valence-electron chi connectivity index (χ1n) is 13.9. The molecule has 40 heavy (non-hydrogen) atoms. The predicted molar refractivity (Wildman–Crippen MR) is 165 cm³/mol. The summed E-state index contributed by atoms with van der Waals surface area (Å²) >= 11 is 1.56. The summed E-state index contributed by atoms with van der Waals surface area (Å²) in [6.45, 7) is 6.36. The molecule has 0 spiro atoms. The van der Waals surface area contributed by atoms with Crippen LogP contribution in [0.2, 0.25) is 0 Å². The van der Waals surface area contributed by atoms with E-state index in [0.717, 1.165) is 35.2 Å². The molecule has 0 fully saturated rings. The molecule has 0 aliphatic carbocycles. The molecule has 3 aromatic carbocycles. The van der Waals surface area contributed by atoms with Gasteiger partial charge in [0.25, 0.3) is 5.91 Å². The van der Waals surface area contributed by atoms with Crippen molar-refractivity contribution in [3.8, 4) is 11.1 Å². The van der Waals surface area contributed by atoms with Crippen LogP contribution in [0.25, 0.3) is 11.1 Å². The molecule has 3 atom stereocenters. The number of thioether (sulfide) groups is 1. The van der Waals surface area contributed by atoms with Crippen molar-refractivity contribution in [3.63, 3.8) is 0 Å². The number of carbonyl (C=O) groups excluding carboxylic acids is 1. The molecule has 3 aromatic rings. The fourth-order valence-electron chi connectivity index (χ4n) is 5.09. The van der Waals surface area contributed by atoms with Crippen LogP contribution in [0.3, 0.4) is 0 Å². The van der Waals surface area contributed by atoms with Gasteiger partial charge in [0.05, 0.1) is 0 Å². The Labute approximate surface area is 242 Å². The van der Waals surface area contributed by atoms with Crippen LogP contribution in [0, 0.1) is 12.8 Å². The molecule has 1 amide bonds. The van der Waals surface area contributed by atoms with E-state index in [1.807, 2.05) is 61.7 Å². The lowest BCUT2D eigenvalue weighted by Gasteiger charge is -2.27. The average Bonchev–Trinajstić information content (AvgIpc) is 2.97. The highest BCUT2D eigenvalue weighted by Crippen LogP contribution is 2.30. The fraction of sp³-hybridized carbons (Fsp3) is 0.394. The molecule has 214 valence electrons. The molecule has 0 radical (unpaired) electrons. The van der Waals surface area contributed by atoms with E-state index in [4.69, 9.17) is 4.74 Å². The summed E-state index contributed by atoms with van der Waals surface area (Å²) < 4.78 is 5.53. The van der Waals surface area contributed by atoms with Crippen molar-refractivity contribution in [2.24, 2.45) is 5.92 Å². The molecule has 3 N–H and O–H groups in total. The molecule has 2 unspecified atom stereocenters. The maximum Gasteiger partial charge on any atom is 0.326 e. The third kappa shape index (κ3) is 8.68. The number of carboxylic acid groups (broad SMARTS) is 1. The standard InChI is InChI=1S/C33H42N2O4S/c1-5-25(22-39-3)30(26-12-7-6-8-13-26)21-34-20-24-15-16-28(29(19-24)27-14-10-9-11-23(27)2)32(36)35-31(33(37)38)17-18-40-4/h6-16,19,25,30-31,34H,5,17-18,20-22H2,1-4H3,(H,35,36)(H,37,38)/t25?,30?,31-/m0/s1. The predicted octanol–water partition coefficient (Wildman–Crippen LogP) is 6.14. The van der Waals surface area contributed by atoms with Gasteiger partial charge in [-0.05, 0) is 71.2 Å². The minimum Gasteiger partial charge on any atom is -0.480 e. The molecular weight excluding hydrogens is 520 g/mol. The zero-order valence-corrected chi connectivity index (χ0v) is 24.8. The highest BCUT2D eigenvalue weighted by atomic mass is 32.2. The Balaban J connectivity index is 1.85. The van der Waals surface area contributed by atoms with Crippen LogP contribution in [0.4, 0.5) is 0 Å². The van der Waals surface area contributed by atoms with Crippen molar-refractivity contribution >= 4 is 23.6 Å². The highest BCUT2D eigenvalue weighted by molar-refractivity contribution is 7.98. The van der Waals surface area contributed by atoms with Crippen LogP contribution in [0.1, 0.15) is 52.7 Å². The minimum absolute atomic E-state index is 0.307. The molecule has 0 aliphatic rings. The number of methoxy groups -OCH3 is 1. The smallest absolute Gasteiger partial charge is 0.326 e. The lowest BCUT2D eigenvalue weighted by Crippen LogP contribution is -2.41. The highest BCUT2D eigenvalue weighted by Gasteiger charge is 2.24. The van der Waals surface area contributed by atoms with Crippen molar-refractivity contribution in [1.82, 2.24) is 10.6 Å². The van der Waals surface area contributed by atoms with Gasteiger partial charge in [-0.3, -0.25) is 4.79 Å². The maximum atomic E-state index is 13.4. The zero-order valence-electron chi connectivity index (χ0n) is 24.0. The Morgan fingerprint density at radius 1 is 1.00 bits per heavy atom. The van der Waals surface area contributed by atoms with Crippen LogP contribution in [-0.2, 0) is 16.1 Å². The fourth-order valence-corrected chi connectivity index (χ4v) is 5.56. The largest absolute Gasteiger partial charge is 0.480 e. The zero-order chi connectivity index (χ0) is 28.9. The van der Waals surface area contributed by atoms with Crippen LogP contribution >= 0.6 is 11.8 Å². The number of nitrogens with one attached hydrogen (secondary N) is 2. The number of carboxylic acids is 1. The van der Waals surface area contributed by atoms with E-state index in [-0.39, 0.29) is 5.91 Å². The average molecular weight is 563 g/mol. The van der Waals surface area contributed by atoms with E-state index < -0.39 is 12.0 Å². The van der Waals surface area contributed by atoms with E-state index in [2.05, 4.69) is 41.8 Å². The summed E-state index contributed by atoms with van der Waals surface area (Å²) in [6.07, 6.45) is 3.31. The van der Waals surface area contributed by atoms with Crippen LogP contribution in [0.5, 0.6) is 0 Å². The van der Waals surface area contributed by atoms with Gasteiger partial charge in [-0.1, -0.05) is 74.0 Å². The summed E-state index contributed by atoms with van der Waals surface area (Å²) in [5.74, 6) is -0.0453. The third-order valence-corrected chi connectivity index (χ3v) is 8.02. The number of aliphatic carboxylic acids is 1. The van der Waals surface area contributed by atoms with E-state index in [1.54, 1.807) is 18.9 Å². The first-order valence-corrected chi connectivity index (χ1v) is 15.2. The third-order valence-electron chi connectivity index (χ3n) is 7.37. The van der Waals surface area contributed by atoms with Gasteiger partial charge < -0.3 is 20.5 Å². The second kappa shape index (κ2) is 16.2. The summed E-state index contributed by atoms with van der Waals surface area (Å²) in [4.78, 5) is 25.1. The van der Waals surface area contributed by atoms with Crippen molar-refractivity contribution in [2.45, 2.75) is 45.2 Å². The Bertz CT molecular complexity index is 1230. The molecule has 7 heteroatoms. The lowest BCUT2D eigenvalue weighted by molar-refractivity contribution is -0.139. The summed E-state index contributed by atoms with van der Waals surface area (Å²) in [5, 5.41) is 16.0. The Morgan fingerprint density at radius 2 is 1.73 bits per heavy atom. The second-order valence-corrected chi connectivity index (χ2v) is 11.1. The normalized spacial score (nSPS) is 13.4. The van der Waals surface area contributed by atoms with Gasteiger partial charge in [-0.25, -0.2) is 4.79 Å².